The summed E-state index contributed by atoms with van der Waals surface area (Å²) < 4.78 is 20.1. The highest BCUT2D eigenvalue weighted by atomic mass is 19.1. The fraction of sp³-hybridized carbons (Fsp3) is 0.389. The Labute approximate surface area is 156 Å². The van der Waals surface area contributed by atoms with Gasteiger partial charge in [-0.15, -0.1) is 0 Å². The molecule has 4 rings (SSSR count). The van der Waals surface area contributed by atoms with Crippen molar-refractivity contribution in [1.29, 1.82) is 5.26 Å². The van der Waals surface area contributed by atoms with Crippen molar-refractivity contribution in [2.45, 2.75) is 24.3 Å². The molecule has 2 aliphatic rings. The summed E-state index contributed by atoms with van der Waals surface area (Å²) in [6.45, 7) is 0.659. The molecule has 0 spiro atoms. The Bertz CT molecular complexity index is 863. The molecule has 27 heavy (non-hydrogen) atoms. The van der Waals surface area contributed by atoms with E-state index in [1.165, 1.54) is 12.4 Å². The Hall–Kier alpha value is -2.80. The lowest BCUT2D eigenvalue weighted by atomic mass is 9.88. The van der Waals surface area contributed by atoms with Crippen molar-refractivity contribution in [3.05, 3.63) is 47.4 Å². The molecule has 4 N–H and O–H groups in total. The van der Waals surface area contributed by atoms with Crippen LogP contribution >= 0.6 is 0 Å². The summed E-state index contributed by atoms with van der Waals surface area (Å²) in [7, 11) is 1.59. The van der Waals surface area contributed by atoms with Crippen molar-refractivity contribution in [3.63, 3.8) is 0 Å². The van der Waals surface area contributed by atoms with Gasteiger partial charge in [0, 0.05) is 25.1 Å². The summed E-state index contributed by atoms with van der Waals surface area (Å²) in [6, 6.07) is 7.45. The number of rotatable bonds is 5. The summed E-state index contributed by atoms with van der Waals surface area (Å²) >= 11 is 0. The maximum absolute atomic E-state index is 14.6. The average Bonchev–Trinajstić information content (AvgIpc) is 3.14. The predicted octanol–water partition coefficient (Wildman–Crippen LogP) is 1.10. The standard InChI is InChI=1S/C18H20FN7O/c1-27-15-4-11(18(19)9-21-10-18)2-3-13(15)14-5-16(26-25-14)24-17-8-22-12(6-20)7-23-17/h2-4,7-8,14,16,21,25-26H,5,9-10H2,1H3,(H,23,24). The Kier molecular flexibility index (Phi) is 4.61. The summed E-state index contributed by atoms with van der Waals surface area (Å²) in [6.07, 6.45) is 3.59. The largest absolute Gasteiger partial charge is 0.496 e. The highest BCUT2D eigenvalue weighted by Gasteiger charge is 2.39. The number of aromatic nitrogens is 2. The average molecular weight is 369 g/mol. The van der Waals surface area contributed by atoms with Crippen LogP contribution in [0.15, 0.2) is 30.6 Å². The molecule has 2 aromatic rings. The zero-order valence-corrected chi connectivity index (χ0v) is 14.8. The second-order valence-electron chi connectivity index (χ2n) is 6.70. The van der Waals surface area contributed by atoms with Crippen molar-refractivity contribution in [1.82, 2.24) is 26.1 Å². The summed E-state index contributed by atoms with van der Waals surface area (Å²) in [4.78, 5) is 8.16. The normalized spacial score (nSPS) is 23.3. The smallest absolute Gasteiger partial charge is 0.160 e. The minimum Gasteiger partial charge on any atom is -0.496 e. The van der Waals surface area contributed by atoms with E-state index in [1.807, 2.05) is 18.2 Å². The molecule has 2 atom stereocenters. The maximum atomic E-state index is 14.6. The zero-order chi connectivity index (χ0) is 18.9. The maximum Gasteiger partial charge on any atom is 0.160 e. The van der Waals surface area contributed by atoms with Gasteiger partial charge in [0.05, 0.1) is 31.7 Å². The van der Waals surface area contributed by atoms with Gasteiger partial charge >= 0.3 is 0 Å². The molecule has 8 nitrogen and oxygen atoms in total. The van der Waals surface area contributed by atoms with Gasteiger partial charge < -0.3 is 15.4 Å². The van der Waals surface area contributed by atoms with Gasteiger partial charge in [-0.2, -0.15) is 5.26 Å². The third kappa shape index (κ3) is 3.42. The lowest BCUT2D eigenvalue weighted by molar-refractivity contribution is 0.0888. The van der Waals surface area contributed by atoms with E-state index >= 15 is 0 Å². The molecule has 0 radical (unpaired) electrons. The lowest BCUT2D eigenvalue weighted by Crippen LogP contribution is -2.53. The molecule has 2 saturated heterocycles. The van der Waals surface area contributed by atoms with Crippen LogP contribution in [0.5, 0.6) is 5.75 Å². The number of hydrazine groups is 1. The number of hydrogen-bond donors (Lipinski definition) is 4. The number of alkyl halides is 1. The first kappa shape index (κ1) is 17.6. The van der Waals surface area contributed by atoms with Crippen LogP contribution in [0.25, 0.3) is 0 Å². The van der Waals surface area contributed by atoms with Crippen molar-refractivity contribution >= 4 is 5.82 Å². The highest BCUT2D eigenvalue weighted by molar-refractivity contribution is 5.43. The number of anilines is 1. The number of hydrogen-bond acceptors (Lipinski definition) is 8. The number of benzene rings is 1. The molecule has 140 valence electrons. The molecule has 2 unspecified atom stereocenters. The third-order valence-electron chi connectivity index (χ3n) is 4.93. The summed E-state index contributed by atoms with van der Waals surface area (Å²) in [5, 5.41) is 15.0. The number of halogens is 1. The van der Waals surface area contributed by atoms with Gasteiger partial charge in [0.2, 0.25) is 0 Å². The van der Waals surface area contributed by atoms with Crippen LogP contribution < -0.4 is 26.2 Å². The van der Waals surface area contributed by atoms with Gasteiger partial charge in [-0.3, -0.25) is 0 Å². The van der Waals surface area contributed by atoms with E-state index in [2.05, 4.69) is 31.5 Å². The monoisotopic (exact) mass is 369 g/mol. The topological polar surface area (TPSA) is 107 Å². The second kappa shape index (κ2) is 7.08. The number of ether oxygens (including phenoxy) is 1. The highest BCUT2D eigenvalue weighted by Crippen LogP contribution is 2.37. The van der Waals surface area contributed by atoms with Gasteiger partial charge in [-0.1, -0.05) is 12.1 Å². The van der Waals surface area contributed by atoms with Gasteiger partial charge in [-0.05, 0) is 11.6 Å². The van der Waals surface area contributed by atoms with E-state index in [0.29, 0.717) is 30.2 Å². The molecule has 2 fully saturated rings. The first-order chi connectivity index (χ1) is 13.1. The number of nitrogens with zero attached hydrogens (tertiary/aromatic N) is 3. The molecule has 0 saturated carbocycles. The van der Waals surface area contributed by atoms with E-state index in [0.717, 1.165) is 12.0 Å². The number of nitrogens with one attached hydrogen (secondary N) is 4. The van der Waals surface area contributed by atoms with E-state index in [1.54, 1.807) is 13.2 Å². The second-order valence-corrected chi connectivity index (χ2v) is 6.70. The van der Waals surface area contributed by atoms with E-state index in [4.69, 9.17) is 10.00 Å². The van der Waals surface area contributed by atoms with Crippen LogP contribution in [0.3, 0.4) is 0 Å². The first-order valence-corrected chi connectivity index (χ1v) is 8.69. The van der Waals surface area contributed by atoms with Gasteiger partial charge in [-0.25, -0.2) is 25.2 Å². The van der Waals surface area contributed by atoms with Crippen LogP contribution in [0.1, 0.15) is 29.3 Å². The minimum atomic E-state index is -1.31. The SMILES string of the molecule is COc1cc(C2(F)CNC2)ccc1C1CC(Nc2cnc(C#N)cn2)NN1. The van der Waals surface area contributed by atoms with Crippen LogP contribution in [0, 0.1) is 11.3 Å². The Balaban J connectivity index is 1.45. The predicted molar refractivity (Wildman–Crippen MR) is 96.4 cm³/mol. The molecule has 1 aromatic carbocycles. The Morgan fingerprint density at radius 3 is 2.78 bits per heavy atom. The molecular formula is C18H20FN7O. The van der Waals surface area contributed by atoms with Gasteiger partial charge in [0.25, 0.3) is 0 Å². The molecule has 0 aliphatic carbocycles. The molecule has 1 aromatic heterocycles. The summed E-state index contributed by atoms with van der Waals surface area (Å²) in [5.74, 6) is 1.24. The molecule has 9 heteroatoms. The van der Waals surface area contributed by atoms with Crippen molar-refractivity contribution < 1.29 is 9.13 Å². The van der Waals surface area contributed by atoms with Crippen LogP contribution in [-0.4, -0.2) is 36.3 Å². The van der Waals surface area contributed by atoms with Gasteiger partial charge in [0.15, 0.2) is 11.4 Å². The Morgan fingerprint density at radius 2 is 2.15 bits per heavy atom. The molecule has 2 aliphatic heterocycles. The van der Waals surface area contributed by atoms with Gasteiger partial charge in [0.1, 0.15) is 17.6 Å². The number of nitriles is 1. The summed E-state index contributed by atoms with van der Waals surface area (Å²) in [5.41, 5.74) is 6.94. The van der Waals surface area contributed by atoms with Crippen LogP contribution in [0.2, 0.25) is 0 Å². The molecular weight excluding hydrogens is 349 g/mol. The fourth-order valence-electron chi connectivity index (χ4n) is 3.32. The van der Waals surface area contributed by atoms with Crippen LogP contribution in [0.4, 0.5) is 10.2 Å². The van der Waals surface area contributed by atoms with E-state index in [-0.39, 0.29) is 17.9 Å². The number of methoxy groups -OCH3 is 1. The minimum absolute atomic E-state index is 0.00656. The molecule has 3 heterocycles. The first-order valence-electron chi connectivity index (χ1n) is 8.69. The fourth-order valence-corrected chi connectivity index (χ4v) is 3.32. The molecule has 0 amide bonds. The molecule has 0 bridgehead atoms. The van der Waals surface area contributed by atoms with Crippen molar-refractivity contribution in [3.8, 4) is 11.8 Å². The van der Waals surface area contributed by atoms with E-state index in [9.17, 15) is 4.39 Å². The van der Waals surface area contributed by atoms with Crippen molar-refractivity contribution in [2.24, 2.45) is 0 Å². The van der Waals surface area contributed by atoms with E-state index < -0.39 is 5.67 Å². The lowest BCUT2D eigenvalue weighted by Gasteiger charge is -2.35. The Morgan fingerprint density at radius 1 is 1.30 bits per heavy atom. The van der Waals surface area contributed by atoms with Crippen LogP contribution in [-0.2, 0) is 5.67 Å². The zero-order valence-electron chi connectivity index (χ0n) is 14.8. The van der Waals surface area contributed by atoms with Crippen molar-refractivity contribution in [2.75, 3.05) is 25.5 Å². The third-order valence-corrected chi connectivity index (χ3v) is 4.93. The quantitative estimate of drug-likeness (QED) is 0.621.